The molecule has 0 heterocycles. The van der Waals surface area contributed by atoms with E-state index in [0.717, 1.165) is 6.26 Å². The maximum Gasteiger partial charge on any atom is 0.316 e. The Balaban J connectivity index is 4.01. The van der Waals surface area contributed by atoms with Gasteiger partial charge in [-0.3, -0.25) is 4.79 Å². The molecule has 0 aliphatic rings. The van der Waals surface area contributed by atoms with Crippen LogP contribution < -0.4 is 0 Å². The topological polar surface area (TPSA) is 26.3 Å². The second-order valence-corrected chi connectivity index (χ2v) is 4.07. The Labute approximate surface area is 76.1 Å². The Morgan fingerprint density at radius 3 is 2.09 bits per heavy atom. The Kier molecular flexibility index (Phi) is 3.90. The van der Waals surface area contributed by atoms with Crippen molar-refractivity contribution in [2.75, 3.05) is 0 Å². The average Bonchev–Trinajstić information content (AvgIpc) is 1.80. The van der Waals surface area contributed by atoms with Gasteiger partial charge in [-0.25, -0.2) is 0 Å². The van der Waals surface area contributed by atoms with E-state index < -0.39 is 5.41 Å². The molecule has 0 saturated heterocycles. The van der Waals surface area contributed by atoms with Crippen molar-refractivity contribution in [3.8, 4) is 0 Å². The summed E-state index contributed by atoms with van der Waals surface area (Å²) in [4.78, 5) is 11.0. The van der Waals surface area contributed by atoms with E-state index in [2.05, 4.69) is 4.74 Å². The van der Waals surface area contributed by atoms with Crippen LogP contribution >= 0.6 is 23.2 Å². The molecule has 0 N–H and O–H groups in total. The fourth-order valence-corrected chi connectivity index (χ4v) is 0.364. The number of hydrogen-bond donors (Lipinski definition) is 0. The van der Waals surface area contributed by atoms with Gasteiger partial charge in [-0.05, 0) is 20.8 Å². The van der Waals surface area contributed by atoms with Crippen molar-refractivity contribution in [1.82, 2.24) is 0 Å². The summed E-state index contributed by atoms with van der Waals surface area (Å²) < 4.78 is 4.54. The van der Waals surface area contributed by atoms with E-state index in [9.17, 15) is 4.79 Å². The van der Waals surface area contributed by atoms with Crippen LogP contribution in [0.3, 0.4) is 0 Å². The molecular weight excluding hydrogens is 187 g/mol. The smallest absolute Gasteiger partial charge is 0.316 e. The molecule has 0 fully saturated rings. The van der Waals surface area contributed by atoms with Gasteiger partial charge >= 0.3 is 5.97 Å². The van der Waals surface area contributed by atoms with Crippen molar-refractivity contribution in [3.05, 3.63) is 10.8 Å². The van der Waals surface area contributed by atoms with E-state index in [1.165, 1.54) is 0 Å². The molecule has 0 radical (unpaired) electrons. The molecule has 0 aromatic carbocycles. The zero-order valence-corrected chi connectivity index (χ0v) is 8.16. The van der Waals surface area contributed by atoms with Gasteiger partial charge in [-0.15, -0.1) is 0 Å². The number of ether oxygens (including phenoxy) is 1. The lowest BCUT2D eigenvalue weighted by molar-refractivity contribution is -0.146. The van der Waals surface area contributed by atoms with Gasteiger partial charge in [-0.2, -0.15) is 0 Å². The largest absolute Gasteiger partial charge is 0.432 e. The average molecular weight is 197 g/mol. The molecule has 0 aromatic heterocycles. The molecule has 2 nitrogen and oxygen atoms in total. The van der Waals surface area contributed by atoms with Crippen LogP contribution in [-0.2, 0) is 9.53 Å². The molecule has 0 rings (SSSR count). The minimum absolute atomic E-state index is 0.0670. The lowest BCUT2D eigenvalue weighted by Gasteiger charge is -2.13. The minimum Gasteiger partial charge on any atom is -0.432 e. The van der Waals surface area contributed by atoms with E-state index in [1.54, 1.807) is 20.8 Å². The van der Waals surface area contributed by atoms with E-state index >= 15 is 0 Å². The molecule has 0 atom stereocenters. The van der Waals surface area contributed by atoms with Gasteiger partial charge in [0, 0.05) is 0 Å². The number of halogens is 2. The first-order valence-electron chi connectivity index (χ1n) is 3.06. The summed E-state index contributed by atoms with van der Waals surface area (Å²) >= 11 is 10.4. The van der Waals surface area contributed by atoms with Crippen molar-refractivity contribution in [1.29, 1.82) is 0 Å². The minimum atomic E-state index is -0.528. The Morgan fingerprint density at radius 2 is 1.82 bits per heavy atom. The summed E-state index contributed by atoms with van der Waals surface area (Å²) in [5.41, 5.74) is -0.528. The first-order chi connectivity index (χ1) is 4.84. The zero-order valence-electron chi connectivity index (χ0n) is 6.65. The second-order valence-electron chi connectivity index (χ2n) is 3.06. The predicted molar refractivity (Wildman–Crippen MR) is 45.3 cm³/mol. The van der Waals surface area contributed by atoms with Gasteiger partial charge in [0.25, 0.3) is 0 Å². The number of esters is 1. The summed E-state index contributed by atoms with van der Waals surface area (Å²) in [6, 6.07) is 0. The van der Waals surface area contributed by atoms with E-state index in [0.29, 0.717) is 0 Å². The highest BCUT2D eigenvalue weighted by atomic mass is 35.5. The zero-order chi connectivity index (χ0) is 9.07. The quantitative estimate of drug-likeness (QED) is 0.477. The number of carbonyl (C=O) groups is 1. The number of rotatable bonds is 1. The van der Waals surface area contributed by atoms with E-state index in [4.69, 9.17) is 23.2 Å². The van der Waals surface area contributed by atoms with Gasteiger partial charge < -0.3 is 4.74 Å². The van der Waals surface area contributed by atoms with Gasteiger partial charge in [0.15, 0.2) is 0 Å². The van der Waals surface area contributed by atoms with Crippen LogP contribution in [0.5, 0.6) is 0 Å². The Morgan fingerprint density at radius 1 is 1.36 bits per heavy atom. The normalized spacial score (nSPS) is 10.6. The Hall–Kier alpha value is -0.210. The summed E-state index contributed by atoms with van der Waals surface area (Å²) in [6.45, 7) is 5.22. The van der Waals surface area contributed by atoms with Crippen molar-refractivity contribution in [2.45, 2.75) is 20.8 Å². The van der Waals surface area contributed by atoms with Crippen LogP contribution in [0.25, 0.3) is 0 Å². The molecule has 0 aliphatic carbocycles. The molecule has 11 heavy (non-hydrogen) atoms. The first kappa shape index (κ1) is 10.8. The van der Waals surface area contributed by atoms with Gasteiger partial charge in [-0.1, -0.05) is 23.2 Å². The highest BCUT2D eigenvalue weighted by Gasteiger charge is 2.22. The molecule has 64 valence electrons. The van der Waals surface area contributed by atoms with Crippen molar-refractivity contribution >= 4 is 29.2 Å². The summed E-state index contributed by atoms with van der Waals surface area (Å²) in [6.07, 6.45) is 1.01. The second kappa shape index (κ2) is 3.98. The third-order valence-electron chi connectivity index (χ3n) is 0.867. The molecule has 0 bridgehead atoms. The molecule has 0 aliphatic heterocycles. The maximum atomic E-state index is 11.0. The standard InChI is InChI=1S/C7H10Cl2O2/c1-7(2,3)6(10)11-4-5(8)9/h4H,1-3H3. The molecule has 0 aromatic rings. The van der Waals surface area contributed by atoms with Crippen molar-refractivity contribution < 1.29 is 9.53 Å². The lowest BCUT2D eigenvalue weighted by Crippen LogP contribution is -2.20. The third kappa shape index (κ3) is 5.10. The molecular formula is C7H10Cl2O2. The SMILES string of the molecule is CC(C)(C)C(=O)OC=C(Cl)Cl. The number of carbonyl (C=O) groups excluding carboxylic acids is 1. The van der Waals surface area contributed by atoms with Crippen LogP contribution in [0.15, 0.2) is 10.8 Å². The number of hydrogen-bond acceptors (Lipinski definition) is 2. The molecule has 0 unspecified atom stereocenters. The Bertz CT molecular complexity index is 175. The van der Waals surface area contributed by atoms with Crippen LogP contribution in [0.1, 0.15) is 20.8 Å². The van der Waals surface area contributed by atoms with Crippen molar-refractivity contribution in [3.63, 3.8) is 0 Å². The predicted octanol–water partition coefficient (Wildman–Crippen LogP) is 2.85. The van der Waals surface area contributed by atoms with Crippen molar-refractivity contribution in [2.24, 2.45) is 5.41 Å². The first-order valence-corrected chi connectivity index (χ1v) is 3.82. The fraction of sp³-hybridized carbons (Fsp3) is 0.571. The highest BCUT2D eigenvalue weighted by Crippen LogP contribution is 2.16. The van der Waals surface area contributed by atoms with Crippen LogP contribution in [0.2, 0.25) is 0 Å². The monoisotopic (exact) mass is 196 g/mol. The maximum absolute atomic E-state index is 11.0. The lowest BCUT2D eigenvalue weighted by atomic mass is 9.98. The summed E-state index contributed by atoms with van der Waals surface area (Å²) in [7, 11) is 0. The van der Waals surface area contributed by atoms with Gasteiger partial charge in [0.2, 0.25) is 0 Å². The molecule has 0 amide bonds. The fourth-order valence-electron chi connectivity index (χ4n) is 0.275. The molecule has 0 saturated carbocycles. The molecule has 0 spiro atoms. The highest BCUT2D eigenvalue weighted by molar-refractivity contribution is 6.55. The summed E-state index contributed by atoms with van der Waals surface area (Å²) in [5, 5.41) is 0. The van der Waals surface area contributed by atoms with Crippen LogP contribution in [0, 0.1) is 5.41 Å². The van der Waals surface area contributed by atoms with E-state index in [1.807, 2.05) is 0 Å². The van der Waals surface area contributed by atoms with Gasteiger partial charge in [0.05, 0.1) is 5.41 Å². The molecule has 4 heteroatoms. The van der Waals surface area contributed by atoms with E-state index in [-0.39, 0.29) is 10.5 Å². The van der Waals surface area contributed by atoms with Crippen LogP contribution in [0.4, 0.5) is 0 Å². The van der Waals surface area contributed by atoms with Crippen LogP contribution in [-0.4, -0.2) is 5.97 Å². The van der Waals surface area contributed by atoms with Gasteiger partial charge in [0.1, 0.15) is 10.8 Å². The third-order valence-corrected chi connectivity index (χ3v) is 1.05. The summed E-state index contributed by atoms with van der Waals surface area (Å²) in [5.74, 6) is -0.365.